The van der Waals surface area contributed by atoms with Crippen LogP contribution < -0.4 is 10.2 Å². The first-order chi connectivity index (χ1) is 14.1. The van der Waals surface area contributed by atoms with Gasteiger partial charge in [-0.3, -0.25) is 4.79 Å². The highest BCUT2D eigenvalue weighted by atomic mass is 32.1. The molecule has 0 radical (unpaired) electrons. The number of piperidine rings is 1. The van der Waals surface area contributed by atoms with E-state index in [0.29, 0.717) is 12.6 Å². The Morgan fingerprint density at radius 1 is 1.24 bits per heavy atom. The number of fused-ring (bicyclic) bond motifs is 1. The van der Waals surface area contributed by atoms with E-state index in [1.807, 2.05) is 6.07 Å². The molecule has 1 unspecified atom stereocenters. The Balaban J connectivity index is 1.30. The summed E-state index contributed by atoms with van der Waals surface area (Å²) in [6.07, 6.45) is 6.17. The number of thiazole rings is 1. The first-order valence-electron chi connectivity index (χ1n) is 10.9. The van der Waals surface area contributed by atoms with Crippen LogP contribution in [0.4, 0.5) is 4.79 Å². The molecule has 2 aromatic rings. The molecule has 1 aliphatic carbocycles. The van der Waals surface area contributed by atoms with Gasteiger partial charge >= 0.3 is 6.03 Å². The van der Waals surface area contributed by atoms with Crippen LogP contribution in [0, 0.1) is 5.92 Å². The van der Waals surface area contributed by atoms with Crippen molar-refractivity contribution in [2.75, 3.05) is 19.8 Å². The van der Waals surface area contributed by atoms with E-state index in [-0.39, 0.29) is 17.9 Å². The number of quaternary nitrogens is 1. The maximum atomic E-state index is 13.3. The largest absolute Gasteiger partial charge is 0.329 e. The van der Waals surface area contributed by atoms with Gasteiger partial charge in [-0.25, -0.2) is 14.7 Å². The van der Waals surface area contributed by atoms with E-state index in [1.165, 1.54) is 19.5 Å². The fourth-order valence-electron chi connectivity index (χ4n) is 5.43. The molecule has 1 aromatic carbocycles. The van der Waals surface area contributed by atoms with E-state index in [9.17, 15) is 9.59 Å². The van der Waals surface area contributed by atoms with Crippen molar-refractivity contribution in [3.63, 3.8) is 0 Å². The molecular formula is C22H29N4O2S+. The Morgan fingerprint density at radius 3 is 2.93 bits per heavy atom. The van der Waals surface area contributed by atoms with Crippen molar-refractivity contribution in [1.29, 1.82) is 0 Å². The maximum absolute atomic E-state index is 13.3. The smallest absolute Gasteiger partial charge is 0.323 e. The molecule has 3 fully saturated rings. The number of aromatic nitrogens is 1. The number of benzene rings is 1. The third kappa shape index (κ3) is 3.24. The van der Waals surface area contributed by atoms with Crippen LogP contribution in [0.25, 0.3) is 10.2 Å². The van der Waals surface area contributed by atoms with Gasteiger partial charge in [0.25, 0.3) is 5.91 Å². The zero-order valence-corrected chi connectivity index (χ0v) is 17.8. The number of carbonyl (C=O) groups excluding carboxylic acids is 2. The van der Waals surface area contributed by atoms with Gasteiger partial charge in [0.15, 0.2) is 6.67 Å². The maximum Gasteiger partial charge on any atom is 0.329 e. The summed E-state index contributed by atoms with van der Waals surface area (Å²) in [5, 5.41) is 4.28. The lowest BCUT2D eigenvalue weighted by Crippen LogP contribution is -3.15. The average molecular weight is 414 g/mol. The minimum absolute atomic E-state index is 0.00399. The van der Waals surface area contributed by atoms with Crippen molar-refractivity contribution >= 4 is 33.5 Å². The Morgan fingerprint density at radius 2 is 2.10 bits per heavy atom. The van der Waals surface area contributed by atoms with Crippen LogP contribution in [0.2, 0.25) is 0 Å². The van der Waals surface area contributed by atoms with Gasteiger partial charge < -0.3 is 10.2 Å². The highest BCUT2D eigenvalue weighted by molar-refractivity contribution is 7.18. The number of nitrogens with zero attached hydrogens (tertiary/aromatic N) is 2. The average Bonchev–Trinajstić information content (AvgIpc) is 3.26. The van der Waals surface area contributed by atoms with Crippen LogP contribution in [0.1, 0.15) is 56.4 Å². The number of amides is 3. The summed E-state index contributed by atoms with van der Waals surface area (Å²) in [5.41, 5.74) is 0.415. The number of hydrogen-bond donors (Lipinski definition) is 2. The summed E-state index contributed by atoms with van der Waals surface area (Å²) >= 11 is 1.78. The topological polar surface area (TPSA) is 66.7 Å². The number of likely N-dealkylation sites (tertiary alicyclic amines) is 1. The highest BCUT2D eigenvalue weighted by Gasteiger charge is 2.55. The third-order valence-electron chi connectivity index (χ3n) is 7.16. The summed E-state index contributed by atoms with van der Waals surface area (Å²) in [4.78, 5) is 33.6. The molecule has 154 valence electrons. The molecule has 0 bridgehead atoms. The molecule has 3 heterocycles. The predicted octanol–water partition coefficient (Wildman–Crippen LogP) is 2.52. The first-order valence-corrected chi connectivity index (χ1v) is 11.7. The molecule has 29 heavy (non-hydrogen) atoms. The molecule has 6 nitrogen and oxygen atoms in total. The minimum Gasteiger partial charge on any atom is -0.323 e. The van der Waals surface area contributed by atoms with E-state index in [4.69, 9.17) is 4.98 Å². The lowest BCUT2D eigenvalue weighted by molar-refractivity contribution is -0.913. The predicted molar refractivity (Wildman–Crippen MR) is 113 cm³/mol. The van der Waals surface area contributed by atoms with Crippen LogP contribution in [0.3, 0.4) is 0 Å². The Labute approximate surface area is 175 Å². The van der Waals surface area contributed by atoms with Crippen molar-refractivity contribution in [3.05, 3.63) is 29.3 Å². The van der Waals surface area contributed by atoms with Crippen molar-refractivity contribution in [2.45, 2.75) is 56.9 Å². The molecule has 7 heteroatoms. The van der Waals surface area contributed by atoms with E-state index in [1.54, 1.807) is 11.3 Å². The highest BCUT2D eigenvalue weighted by Crippen LogP contribution is 2.38. The van der Waals surface area contributed by atoms with E-state index in [2.05, 4.69) is 30.4 Å². The molecule has 2 saturated heterocycles. The van der Waals surface area contributed by atoms with Crippen molar-refractivity contribution in [2.24, 2.45) is 5.92 Å². The van der Waals surface area contributed by atoms with Crippen LogP contribution in [0.15, 0.2) is 24.3 Å². The molecule has 5 rings (SSSR count). The summed E-state index contributed by atoms with van der Waals surface area (Å²) in [7, 11) is 0. The molecule has 3 aliphatic rings. The molecule has 3 amide bonds. The van der Waals surface area contributed by atoms with Gasteiger partial charge in [0.2, 0.25) is 0 Å². The van der Waals surface area contributed by atoms with E-state index >= 15 is 0 Å². The molecule has 2 aliphatic heterocycles. The molecule has 4 atom stereocenters. The van der Waals surface area contributed by atoms with Gasteiger partial charge in [-0.15, -0.1) is 11.3 Å². The molecule has 1 spiro atoms. The van der Waals surface area contributed by atoms with Gasteiger partial charge in [-0.2, -0.15) is 0 Å². The summed E-state index contributed by atoms with van der Waals surface area (Å²) in [6.45, 7) is 4.51. The quantitative estimate of drug-likeness (QED) is 0.760. The molecule has 2 N–H and O–H groups in total. The molecule has 1 aromatic heterocycles. The second-order valence-electron chi connectivity index (χ2n) is 9.00. The van der Waals surface area contributed by atoms with Gasteiger partial charge in [0.05, 0.1) is 29.2 Å². The SMILES string of the molecule is C[C@H]1CCCC[C@@]12NC(=O)N(C[NH+]1CCC[C@H](c3nc4ccccc4s3)C1)C2=O. The lowest BCUT2D eigenvalue weighted by atomic mass is 9.73. The van der Waals surface area contributed by atoms with E-state index in [0.717, 1.165) is 57.1 Å². The van der Waals surface area contributed by atoms with Gasteiger partial charge in [0.1, 0.15) is 10.5 Å². The number of para-hydroxylation sites is 1. The molecular weight excluding hydrogens is 384 g/mol. The third-order valence-corrected chi connectivity index (χ3v) is 8.36. The second kappa shape index (κ2) is 7.36. The molecule has 1 saturated carbocycles. The lowest BCUT2D eigenvalue weighted by Gasteiger charge is -2.37. The van der Waals surface area contributed by atoms with Gasteiger partial charge in [0, 0.05) is 0 Å². The van der Waals surface area contributed by atoms with Crippen LogP contribution in [-0.4, -0.2) is 47.1 Å². The summed E-state index contributed by atoms with van der Waals surface area (Å²) in [5.74, 6) is 0.619. The zero-order valence-electron chi connectivity index (χ0n) is 16.9. The number of rotatable bonds is 3. The number of imide groups is 1. The van der Waals surface area contributed by atoms with E-state index < -0.39 is 5.54 Å². The first kappa shape index (κ1) is 19.0. The van der Waals surface area contributed by atoms with Crippen LogP contribution >= 0.6 is 11.3 Å². The Kier molecular flexibility index (Phi) is 4.82. The number of nitrogens with one attached hydrogen (secondary N) is 2. The van der Waals surface area contributed by atoms with Gasteiger partial charge in [-0.1, -0.05) is 31.9 Å². The fourth-order valence-corrected chi connectivity index (χ4v) is 6.53. The van der Waals surface area contributed by atoms with Crippen LogP contribution in [-0.2, 0) is 4.79 Å². The normalized spacial score (nSPS) is 32.9. The van der Waals surface area contributed by atoms with Crippen LogP contribution in [0.5, 0.6) is 0 Å². The summed E-state index contributed by atoms with van der Waals surface area (Å²) < 4.78 is 1.23. The second-order valence-corrected chi connectivity index (χ2v) is 10.1. The number of hydrogen-bond acceptors (Lipinski definition) is 4. The Bertz CT molecular complexity index is 911. The van der Waals surface area contributed by atoms with Crippen molar-refractivity contribution in [1.82, 2.24) is 15.2 Å². The number of carbonyl (C=O) groups is 2. The van der Waals surface area contributed by atoms with Crippen molar-refractivity contribution in [3.8, 4) is 0 Å². The standard InChI is InChI=1S/C22H28N4O2S/c1-15-7-4-5-11-22(15)20(27)26(21(28)24-22)14-25-12-6-8-16(13-25)19-23-17-9-2-3-10-18(17)29-19/h2-3,9-10,15-16H,4-8,11-14H2,1H3,(H,24,28)/p+1/t15-,16-,22+/m0/s1. The fraction of sp³-hybridized carbons (Fsp3) is 0.591. The number of urea groups is 1. The van der Waals surface area contributed by atoms with Crippen molar-refractivity contribution < 1.29 is 14.5 Å². The minimum atomic E-state index is -0.656. The zero-order chi connectivity index (χ0) is 20.0. The monoisotopic (exact) mass is 413 g/mol. The van der Waals surface area contributed by atoms with Gasteiger partial charge in [-0.05, 0) is 43.7 Å². The summed E-state index contributed by atoms with van der Waals surface area (Å²) in [6, 6.07) is 8.09. The Hall–Kier alpha value is -1.99.